The van der Waals surface area contributed by atoms with Crippen molar-refractivity contribution in [2.45, 2.75) is 0 Å². The van der Waals surface area contributed by atoms with Gasteiger partial charge in [-0.05, 0) is 17.7 Å². The fraction of sp³-hybridized carbons (Fsp3) is 0.0909. The minimum Gasteiger partial charge on any atom is -0.343 e. The van der Waals surface area contributed by atoms with E-state index in [1.807, 2.05) is 66.2 Å². The van der Waals surface area contributed by atoms with Crippen LogP contribution in [0.15, 0.2) is 77.7 Å². The average Bonchev–Trinajstić information content (AvgIpc) is 2.98. The monoisotopic (exact) mass is 357 g/mol. The largest absolute Gasteiger partial charge is 0.343 e. The number of nitrogens with zero attached hydrogens (tertiary/aromatic N) is 2. The molecule has 4 aromatic rings. The molecule has 2 heterocycles. The lowest BCUT2D eigenvalue weighted by molar-refractivity contribution is 0.102. The van der Waals surface area contributed by atoms with Gasteiger partial charge in [0, 0.05) is 37.3 Å². The number of hydrogen-bond acceptors (Lipinski definition) is 2. The van der Waals surface area contributed by atoms with Gasteiger partial charge in [-0.25, -0.2) is 0 Å². The quantitative estimate of drug-likeness (QED) is 0.606. The molecular formula is C22H19N3O2. The second-order valence-corrected chi connectivity index (χ2v) is 6.49. The van der Waals surface area contributed by atoms with Crippen LogP contribution in [0.4, 0.5) is 5.69 Å². The van der Waals surface area contributed by atoms with E-state index in [9.17, 15) is 9.59 Å². The topological polar surface area (TPSA) is 56.0 Å². The van der Waals surface area contributed by atoms with Crippen molar-refractivity contribution in [2.24, 2.45) is 14.1 Å². The smallest absolute Gasteiger partial charge is 0.258 e. The van der Waals surface area contributed by atoms with E-state index in [1.54, 1.807) is 19.3 Å². The highest BCUT2D eigenvalue weighted by molar-refractivity contribution is 6.17. The van der Waals surface area contributed by atoms with Gasteiger partial charge in [0.05, 0.1) is 16.9 Å². The average molecular weight is 357 g/mol. The summed E-state index contributed by atoms with van der Waals surface area (Å²) in [6, 6.07) is 20.8. The Kier molecular flexibility index (Phi) is 4.12. The van der Waals surface area contributed by atoms with E-state index >= 15 is 0 Å². The maximum atomic E-state index is 13.2. The number of amides is 1. The summed E-state index contributed by atoms with van der Waals surface area (Å²) in [7, 11) is 3.62. The molecule has 5 heteroatoms. The molecule has 27 heavy (non-hydrogen) atoms. The molecule has 0 atom stereocenters. The van der Waals surface area contributed by atoms with E-state index in [0.717, 1.165) is 22.2 Å². The number of fused-ring (bicyclic) bond motifs is 1. The molecule has 134 valence electrons. The van der Waals surface area contributed by atoms with Crippen molar-refractivity contribution in [3.8, 4) is 11.3 Å². The lowest BCUT2D eigenvalue weighted by Crippen LogP contribution is -2.18. The van der Waals surface area contributed by atoms with Crippen molar-refractivity contribution in [3.05, 3.63) is 88.8 Å². The number of aryl methyl sites for hydroxylation is 2. The fourth-order valence-corrected chi connectivity index (χ4v) is 3.42. The van der Waals surface area contributed by atoms with Gasteiger partial charge in [-0.15, -0.1) is 0 Å². The minimum absolute atomic E-state index is 0.122. The first-order valence-electron chi connectivity index (χ1n) is 8.67. The van der Waals surface area contributed by atoms with Crippen LogP contribution in [0.1, 0.15) is 10.4 Å². The second kappa shape index (κ2) is 6.61. The van der Waals surface area contributed by atoms with Gasteiger partial charge >= 0.3 is 0 Å². The molecule has 2 aromatic heterocycles. The molecule has 0 bridgehead atoms. The molecule has 5 nitrogen and oxygen atoms in total. The number of carbonyl (C=O) groups is 1. The summed E-state index contributed by atoms with van der Waals surface area (Å²) >= 11 is 0. The van der Waals surface area contributed by atoms with Crippen molar-refractivity contribution >= 4 is 22.5 Å². The predicted octanol–water partition coefficient (Wildman–Crippen LogP) is 3.80. The molecule has 0 unspecified atom stereocenters. The number of benzene rings is 2. The van der Waals surface area contributed by atoms with Gasteiger partial charge in [-0.2, -0.15) is 0 Å². The Balaban J connectivity index is 1.88. The number of rotatable bonds is 3. The summed E-state index contributed by atoms with van der Waals surface area (Å²) in [6.07, 6.45) is 1.62. The molecule has 0 spiro atoms. The highest BCUT2D eigenvalue weighted by Gasteiger charge is 2.22. The van der Waals surface area contributed by atoms with Crippen LogP contribution in [0, 0.1) is 0 Å². The van der Waals surface area contributed by atoms with Crippen LogP contribution >= 0.6 is 0 Å². The Morgan fingerprint density at radius 1 is 0.889 bits per heavy atom. The molecule has 0 saturated carbocycles. The number of nitrogens with one attached hydrogen (secondary N) is 1. The van der Waals surface area contributed by atoms with Crippen molar-refractivity contribution in [1.29, 1.82) is 0 Å². The summed E-state index contributed by atoms with van der Waals surface area (Å²) in [5.41, 5.74) is 3.90. The van der Waals surface area contributed by atoms with Crippen molar-refractivity contribution in [1.82, 2.24) is 9.13 Å². The van der Waals surface area contributed by atoms with Crippen LogP contribution in [0.25, 0.3) is 22.2 Å². The Labute approximate surface area is 156 Å². The second-order valence-electron chi connectivity index (χ2n) is 6.49. The van der Waals surface area contributed by atoms with Gasteiger partial charge in [0.1, 0.15) is 0 Å². The lowest BCUT2D eigenvalue weighted by atomic mass is 10.0. The lowest BCUT2D eigenvalue weighted by Gasteiger charge is -2.10. The molecule has 2 aromatic carbocycles. The number of pyridine rings is 1. The van der Waals surface area contributed by atoms with E-state index < -0.39 is 0 Å². The zero-order valence-electron chi connectivity index (χ0n) is 15.1. The molecule has 0 saturated heterocycles. The van der Waals surface area contributed by atoms with Gasteiger partial charge in [0.15, 0.2) is 0 Å². The summed E-state index contributed by atoms with van der Waals surface area (Å²) in [4.78, 5) is 24.8. The van der Waals surface area contributed by atoms with E-state index in [0.29, 0.717) is 11.3 Å². The van der Waals surface area contributed by atoms with Crippen molar-refractivity contribution in [2.75, 3.05) is 5.32 Å². The maximum absolute atomic E-state index is 13.2. The third-order valence-corrected chi connectivity index (χ3v) is 4.72. The van der Waals surface area contributed by atoms with Crippen LogP contribution in [-0.4, -0.2) is 15.0 Å². The Bertz CT molecular complexity index is 1200. The van der Waals surface area contributed by atoms with Gasteiger partial charge in [0.2, 0.25) is 5.56 Å². The highest BCUT2D eigenvalue weighted by atomic mass is 16.1. The number of aromatic nitrogens is 2. The molecule has 0 fully saturated rings. The zero-order valence-corrected chi connectivity index (χ0v) is 15.1. The van der Waals surface area contributed by atoms with Crippen molar-refractivity contribution < 1.29 is 4.79 Å². The Morgan fingerprint density at radius 3 is 2.33 bits per heavy atom. The molecule has 0 aliphatic rings. The third kappa shape index (κ3) is 2.93. The number of anilines is 1. The fourth-order valence-electron chi connectivity index (χ4n) is 3.42. The first-order valence-corrected chi connectivity index (χ1v) is 8.67. The SMILES string of the molecule is Cn1cc(NC(=O)c2c(-c3ccccc3)n(C)c3ccccc23)ccc1=O. The number of para-hydroxylation sites is 1. The van der Waals surface area contributed by atoms with Crippen LogP contribution in [0.3, 0.4) is 0 Å². The predicted molar refractivity (Wildman–Crippen MR) is 108 cm³/mol. The highest BCUT2D eigenvalue weighted by Crippen LogP contribution is 2.33. The van der Waals surface area contributed by atoms with E-state index in [-0.39, 0.29) is 11.5 Å². The van der Waals surface area contributed by atoms with Crippen LogP contribution in [-0.2, 0) is 14.1 Å². The van der Waals surface area contributed by atoms with Gasteiger partial charge in [-0.3, -0.25) is 9.59 Å². The summed E-state index contributed by atoms with van der Waals surface area (Å²) < 4.78 is 3.48. The Hall–Kier alpha value is -3.60. The van der Waals surface area contributed by atoms with Crippen LogP contribution in [0.2, 0.25) is 0 Å². The van der Waals surface area contributed by atoms with Crippen LogP contribution in [0.5, 0.6) is 0 Å². The molecule has 4 rings (SSSR count). The van der Waals surface area contributed by atoms with E-state index in [1.165, 1.54) is 10.6 Å². The van der Waals surface area contributed by atoms with Crippen LogP contribution < -0.4 is 10.9 Å². The first-order chi connectivity index (χ1) is 13.1. The van der Waals surface area contributed by atoms with Gasteiger partial charge in [-0.1, -0.05) is 48.5 Å². The molecule has 0 aliphatic carbocycles. The van der Waals surface area contributed by atoms with E-state index in [2.05, 4.69) is 5.32 Å². The molecular weight excluding hydrogens is 338 g/mol. The summed E-state index contributed by atoms with van der Waals surface area (Å²) in [6.45, 7) is 0. The summed E-state index contributed by atoms with van der Waals surface area (Å²) in [5.74, 6) is -0.204. The summed E-state index contributed by atoms with van der Waals surface area (Å²) in [5, 5.41) is 3.82. The number of hydrogen-bond donors (Lipinski definition) is 1. The third-order valence-electron chi connectivity index (χ3n) is 4.72. The number of carbonyl (C=O) groups excluding carboxylic acids is 1. The standard InChI is InChI=1S/C22H19N3O2/c1-24-14-16(12-13-19(24)26)23-22(27)20-17-10-6-7-11-18(17)25(2)21(20)15-8-4-3-5-9-15/h3-14H,1-2H3,(H,23,27). The van der Waals surface area contributed by atoms with E-state index in [4.69, 9.17) is 0 Å². The van der Waals surface area contributed by atoms with Gasteiger partial charge in [0.25, 0.3) is 5.91 Å². The first kappa shape index (κ1) is 16.8. The van der Waals surface area contributed by atoms with Gasteiger partial charge < -0.3 is 14.5 Å². The molecule has 1 amide bonds. The minimum atomic E-state index is -0.204. The van der Waals surface area contributed by atoms with Crippen molar-refractivity contribution in [3.63, 3.8) is 0 Å². The normalized spacial score (nSPS) is 10.9. The zero-order chi connectivity index (χ0) is 19.0. The Morgan fingerprint density at radius 2 is 1.59 bits per heavy atom. The molecule has 1 N–H and O–H groups in total. The molecule has 0 radical (unpaired) electrons. The maximum Gasteiger partial charge on any atom is 0.258 e. The molecule has 0 aliphatic heterocycles.